The van der Waals surface area contributed by atoms with Gasteiger partial charge in [-0.3, -0.25) is 0 Å². The summed E-state index contributed by atoms with van der Waals surface area (Å²) in [7, 11) is 0. The Morgan fingerprint density at radius 3 is 3.00 bits per heavy atom. The van der Waals surface area contributed by atoms with Crippen LogP contribution in [0.5, 0.6) is 0 Å². The summed E-state index contributed by atoms with van der Waals surface area (Å²) < 4.78 is 0. The number of aromatic nitrogens is 2. The van der Waals surface area contributed by atoms with Gasteiger partial charge in [-0.05, 0) is 12.8 Å². The molecule has 1 atom stereocenters. The summed E-state index contributed by atoms with van der Waals surface area (Å²) in [5.74, 6) is -0.485. The van der Waals surface area contributed by atoms with Gasteiger partial charge in [-0.25, -0.2) is 14.8 Å². The maximum absolute atomic E-state index is 11.6. The minimum Gasteiger partial charge on any atom is -0.395 e. The minimum absolute atomic E-state index is 0.00142. The Labute approximate surface area is 92.8 Å². The summed E-state index contributed by atoms with van der Waals surface area (Å²) in [5, 5.41) is 10.6. The fraction of sp³-hybridized carbons (Fsp3) is 0.500. The Morgan fingerprint density at radius 1 is 1.56 bits per heavy atom. The van der Waals surface area contributed by atoms with Gasteiger partial charge in [0.15, 0.2) is 0 Å². The molecular formula is C10H13N3O3. The smallest absolute Gasteiger partial charge is 0.360 e. The first-order valence-corrected chi connectivity index (χ1v) is 5.16. The number of carbonyl (C=O) groups is 1. The molecule has 0 aromatic carbocycles. The van der Waals surface area contributed by atoms with Crippen molar-refractivity contribution in [2.75, 3.05) is 13.2 Å². The molecule has 2 rings (SSSR count). The van der Waals surface area contributed by atoms with Crippen LogP contribution in [0.1, 0.15) is 23.2 Å². The van der Waals surface area contributed by atoms with Gasteiger partial charge in [0.25, 0.3) is 0 Å². The van der Waals surface area contributed by atoms with Gasteiger partial charge in [0, 0.05) is 18.9 Å². The second-order valence-electron chi connectivity index (χ2n) is 3.63. The Hall–Kier alpha value is -1.53. The van der Waals surface area contributed by atoms with Crippen molar-refractivity contribution in [2.24, 2.45) is 0 Å². The van der Waals surface area contributed by atoms with Gasteiger partial charge in [0.2, 0.25) is 0 Å². The molecule has 6 heteroatoms. The van der Waals surface area contributed by atoms with E-state index in [9.17, 15) is 4.79 Å². The zero-order valence-electron chi connectivity index (χ0n) is 8.74. The predicted octanol–water partition coefficient (Wildman–Crippen LogP) is 0.00510. The van der Waals surface area contributed by atoms with E-state index >= 15 is 0 Å². The Morgan fingerprint density at radius 2 is 2.31 bits per heavy atom. The second-order valence-corrected chi connectivity index (χ2v) is 3.63. The molecule has 1 N–H and O–H groups in total. The second kappa shape index (κ2) is 5.00. The zero-order valence-corrected chi connectivity index (χ0v) is 8.74. The lowest BCUT2D eigenvalue weighted by Crippen LogP contribution is -2.34. The number of rotatable bonds is 3. The highest BCUT2D eigenvalue weighted by Crippen LogP contribution is 2.17. The van der Waals surface area contributed by atoms with Gasteiger partial charge in [0.05, 0.1) is 18.2 Å². The van der Waals surface area contributed by atoms with Crippen LogP contribution in [0.15, 0.2) is 18.7 Å². The highest BCUT2D eigenvalue weighted by Gasteiger charge is 2.27. The third kappa shape index (κ3) is 2.34. The van der Waals surface area contributed by atoms with E-state index in [1.54, 1.807) is 0 Å². The van der Waals surface area contributed by atoms with E-state index in [1.165, 1.54) is 23.8 Å². The number of hydrogen-bond acceptors (Lipinski definition) is 6. The lowest BCUT2D eigenvalue weighted by atomic mass is 10.2. The van der Waals surface area contributed by atoms with Crippen LogP contribution in [0, 0.1) is 0 Å². The van der Waals surface area contributed by atoms with Gasteiger partial charge in [0.1, 0.15) is 6.33 Å². The van der Waals surface area contributed by atoms with Gasteiger partial charge in [-0.1, -0.05) is 0 Å². The highest BCUT2D eigenvalue weighted by molar-refractivity contribution is 5.88. The third-order valence-electron chi connectivity index (χ3n) is 2.53. The lowest BCUT2D eigenvalue weighted by Gasteiger charge is -2.20. The van der Waals surface area contributed by atoms with Crippen LogP contribution >= 0.6 is 0 Å². The van der Waals surface area contributed by atoms with Gasteiger partial charge < -0.3 is 9.94 Å². The molecule has 0 amide bonds. The molecule has 0 aliphatic carbocycles. The molecule has 0 radical (unpaired) electrons. The number of aliphatic hydroxyl groups is 1. The molecule has 16 heavy (non-hydrogen) atoms. The fourth-order valence-corrected chi connectivity index (χ4v) is 1.68. The molecule has 1 aromatic heterocycles. The first-order chi connectivity index (χ1) is 7.81. The van der Waals surface area contributed by atoms with E-state index in [0.29, 0.717) is 12.1 Å². The average Bonchev–Trinajstić information content (AvgIpc) is 2.77. The molecule has 1 fully saturated rings. The van der Waals surface area contributed by atoms with Crippen LogP contribution in [0.25, 0.3) is 0 Å². The summed E-state index contributed by atoms with van der Waals surface area (Å²) in [6.45, 7) is 0.656. The van der Waals surface area contributed by atoms with E-state index in [4.69, 9.17) is 9.94 Å². The van der Waals surface area contributed by atoms with Crippen molar-refractivity contribution < 1.29 is 14.7 Å². The molecule has 1 aliphatic rings. The number of nitrogens with zero attached hydrogens (tertiary/aromatic N) is 3. The van der Waals surface area contributed by atoms with Crippen LogP contribution in [-0.2, 0) is 4.84 Å². The molecule has 6 nitrogen and oxygen atoms in total. The van der Waals surface area contributed by atoms with Crippen LogP contribution in [0.3, 0.4) is 0 Å². The largest absolute Gasteiger partial charge is 0.395 e. The quantitative estimate of drug-likeness (QED) is 0.777. The van der Waals surface area contributed by atoms with Gasteiger partial charge in [-0.2, -0.15) is 0 Å². The Balaban J connectivity index is 1.97. The molecule has 2 heterocycles. The highest BCUT2D eigenvalue weighted by atomic mass is 16.7. The predicted molar refractivity (Wildman–Crippen MR) is 54.3 cm³/mol. The van der Waals surface area contributed by atoms with E-state index in [0.717, 1.165) is 12.8 Å². The SMILES string of the molecule is O=C(ON1CCCC1CO)c1cncnc1. The van der Waals surface area contributed by atoms with Crippen molar-refractivity contribution in [2.45, 2.75) is 18.9 Å². The van der Waals surface area contributed by atoms with Crippen molar-refractivity contribution in [1.82, 2.24) is 15.0 Å². The number of carbonyl (C=O) groups excluding carboxylic acids is 1. The Bertz CT molecular complexity index is 358. The third-order valence-corrected chi connectivity index (χ3v) is 2.53. The summed E-state index contributed by atoms with van der Waals surface area (Å²) in [6, 6.07) is -0.0893. The van der Waals surface area contributed by atoms with Gasteiger partial charge in [-0.15, -0.1) is 5.06 Å². The molecule has 86 valence electrons. The molecule has 1 aliphatic heterocycles. The van der Waals surface area contributed by atoms with Gasteiger partial charge >= 0.3 is 5.97 Å². The molecule has 0 spiro atoms. The monoisotopic (exact) mass is 223 g/mol. The molecule has 1 saturated heterocycles. The molecule has 1 unspecified atom stereocenters. The first-order valence-electron chi connectivity index (χ1n) is 5.16. The molecule has 0 bridgehead atoms. The van der Waals surface area contributed by atoms with Crippen LogP contribution in [0.2, 0.25) is 0 Å². The number of hydrogen-bond donors (Lipinski definition) is 1. The van der Waals surface area contributed by atoms with Crippen molar-refractivity contribution in [3.8, 4) is 0 Å². The molecule has 1 aromatic rings. The maximum atomic E-state index is 11.6. The first kappa shape index (κ1) is 11.0. The standard InChI is InChI=1S/C10H13N3O3/c14-6-9-2-1-3-13(9)16-10(15)8-4-11-7-12-5-8/h4-5,7,9,14H,1-3,6H2. The van der Waals surface area contributed by atoms with E-state index < -0.39 is 5.97 Å². The van der Waals surface area contributed by atoms with Crippen molar-refractivity contribution >= 4 is 5.97 Å². The summed E-state index contributed by atoms with van der Waals surface area (Å²) in [4.78, 5) is 24.3. The number of aliphatic hydroxyl groups excluding tert-OH is 1. The zero-order chi connectivity index (χ0) is 11.4. The maximum Gasteiger partial charge on any atom is 0.360 e. The molecule has 0 saturated carbocycles. The van der Waals surface area contributed by atoms with Crippen molar-refractivity contribution in [3.05, 3.63) is 24.3 Å². The van der Waals surface area contributed by atoms with Crippen molar-refractivity contribution in [3.63, 3.8) is 0 Å². The van der Waals surface area contributed by atoms with Crippen molar-refractivity contribution in [1.29, 1.82) is 0 Å². The topological polar surface area (TPSA) is 75.5 Å². The summed E-state index contributed by atoms with van der Waals surface area (Å²) >= 11 is 0. The Kier molecular flexibility index (Phi) is 3.43. The summed E-state index contributed by atoms with van der Waals surface area (Å²) in [5.41, 5.74) is 0.311. The van der Waals surface area contributed by atoms with E-state index in [-0.39, 0.29) is 12.6 Å². The normalized spacial score (nSPS) is 20.9. The van der Waals surface area contributed by atoms with E-state index in [1.807, 2.05) is 0 Å². The summed E-state index contributed by atoms with van der Waals surface area (Å²) in [6.07, 6.45) is 5.92. The average molecular weight is 223 g/mol. The number of hydroxylamine groups is 2. The molecular weight excluding hydrogens is 210 g/mol. The fourth-order valence-electron chi connectivity index (χ4n) is 1.68. The van der Waals surface area contributed by atoms with Crippen LogP contribution in [-0.4, -0.2) is 45.3 Å². The van der Waals surface area contributed by atoms with Crippen LogP contribution in [0.4, 0.5) is 0 Å². The lowest BCUT2D eigenvalue weighted by molar-refractivity contribution is -0.127. The van der Waals surface area contributed by atoms with E-state index in [2.05, 4.69) is 9.97 Å². The minimum atomic E-state index is -0.485. The van der Waals surface area contributed by atoms with Crippen LogP contribution < -0.4 is 0 Å².